The van der Waals surface area contributed by atoms with Crippen molar-refractivity contribution in [3.63, 3.8) is 0 Å². The molecule has 0 spiro atoms. The summed E-state index contributed by atoms with van der Waals surface area (Å²) in [4.78, 5) is 38.1. The highest BCUT2D eigenvalue weighted by molar-refractivity contribution is 5.71. The van der Waals surface area contributed by atoms with Gasteiger partial charge in [-0.1, -0.05) is 209 Å². The molecule has 0 saturated carbocycles. The first-order valence-corrected chi connectivity index (χ1v) is 27.4. The molecule has 0 aromatic rings. The van der Waals surface area contributed by atoms with E-state index in [0.29, 0.717) is 19.3 Å². The van der Waals surface area contributed by atoms with E-state index in [-0.39, 0.29) is 31.1 Å². The Hall–Kier alpha value is -3.15. The highest BCUT2D eigenvalue weighted by Gasteiger charge is 2.19. The van der Waals surface area contributed by atoms with E-state index in [0.717, 1.165) is 103 Å². The van der Waals surface area contributed by atoms with Crippen LogP contribution in [0.3, 0.4) is 0 Å². The van der Waals surface area contributed by atoms with Gasteiger partial charge in [0.15, 0.2) is 6.10 Å². The molecule has 0 aromatic carbocycles. The summed E-state index contributed by atoms with van der Waals surface area (Å²) in [6, 6.07) is 0. The molecule has 65 heavy (non-hydrogen) atoms. The lowest BCUT2D eigenvalue weighted by atomic mass is 10.1. The summed E-state index contributed by atoms with van der Waals surface area (Å²) < 4.78 is 16.8. The van der Waals surface area contributed by atoms with E-state index in [2.05, 4.69) is 93.7 Å². The van der Waals surface area contributed by atoms with Crippen LogP contribution in [0.25, 0.3) is 0 Å². The number of hydrogen-bond donors (Lipinski definition) is 0. The van der Waals surface area contributed by atoms with Gasteiger partial charge in [0.1, 0.15) is 13.2 Å². The molecule has 0 bridgehead atoms. The van der Waals surface area contributed by atoms with Crippen molar-refractivity contribution < 1.29 is 28.6 Å². The van der Waals surface area contributed by atoms with Crippen molar-refractivity contribution in [2.75, 3.05) is 13.2 Å². The predicted molar refractivity (Wildman–Crippen MR) is 279 cm³/mol. The largest absolute Gasteiger partial charge is 0.462 e. The normalized spacial score (nSPS) is 12.6. The molecule has 0 aromatic heterocycles. The smallest absolute Gasteiger partial charge is 0.306 e. The average Bonchev–Trinajstić information content (AvgIpc) is 3.30. The Balaban J connectivity index is 4.43. The molecule has 1 atom stereocenters. The molecule has 0 saturated heterocycles. The van der Waals surface area contributed by atoms with Crippen LogP contribution in [0, 0.1) is 0 Å². The third-order valence-corrected chi connectivity index (χ3v) is 11.7. The fraction of sp³-hybridized carbons (Fsp3) is 0.746. The maximum Gasteiger partial charge on any atom is 0.306 e. The van der Waals surface area contributed by atoms with Crippen LogP contribution in [0.1, 0.15) is 265 Å². The summed E-state index contributed by atoms with van der Waals surface area (Å²) >= 11 is 0. The van der Waals surface area contributed by atoms with Gasteiger partial charge in [-0.05, 0) is 109 Å². The predicted octanol–water partition coefficient (Wildman–Crippen LogP) is 18.2. The highest BCUT2D eigenvalue weighted by atomic mass is 16.6. The zero-order valence-corrected chi connectivity index (χ0v) is 42.7. The van der Waals surface area contributed by atoms with Crippen molar-refractivity contribution in [2.24, 2.45) is 0 Å². The molecule has 0 aliphatic carbocycles. The first kappa shape index (κ1) is 61.9. The zero-order valence-electron chi connectivity index (χ0n) is 42.7. The lowest BCUT2D eigenvalue weighted by Gasteiger charge is -2.18. The number of esters is 3. The molecule has 0 fully saturated rings. The number of allylic oxidation sites excluding steroid dienone is 12. The minimum Gasteiger partial charge on any atom is -0.462 e. The number of unbranched alkanes of at least 4 members (excludes halogenated alkanes) is 26. The molecule has 0 aliphatic rings. The first-order valence-electron chi connectivity index (χ1n) is 27.4. The molecule has 0 heterocycles. The minimum absolute atomic E-state index is 0.0900. The van der Waals surface area contributed by atoms with E-state index in [1.165, 1.54) is 122 Å². The molecule has 6 nitrogen and oxygen atoms in total. The Kier molecular flexibility index (Phi) is 50.9. The van der Waals surface area contributed by atoms with E-state index in [4.69, 9.17) is 14.2 Å². The SMILES string of the molecule is CC/C=C\C/C=C\C/C=C\C/C=C\CCCCCCC(=O)O[C@@H](COC(=O)CCCCCCC/C=C\CCCCCC)COC(=O)CCCCCCCCC/C=C\CCCCCCCC. The average molecular weight is 907 g/mol. The molecule has 0 radical (unpaired) electrons. The summed E-state index contributed by atoms with van der Waals surface area (Å²) in [7, 11) is 0. The van der Waals surface area contributed by atoms with Crippen LogP contribution >= 0.6 is 0 Å². The molecule has 0 N–H and O–H groups in total. The Labute approximate surface area is 402 Å². The summed E-state index contributed by atoms with van der Waals surface area (Å²) in [5.41, 5.74) is 0. The van der Waals surface area contributed by atoms with Crippen molar-refractivity contribution in [3.05, 3.63) is 72.9 Å². The molecule has 0 amide bonds. The zero-order chi connectivity index (χ0) is 47.2. The molecular formula is C59H102O6. The van der Waals surface area contributed by atoms with Crippen LogP contribution in [-0.4, -0.2) is 37.2 Å². The Morgan fingerprint density at radius 3 is 0.969 bits per heavy atom. The van der Waals surface area contributed by atoms with Gasteiger partial charge in [0.2, 0.25) is 0 Å². The number of rotatable bonds is 49. The quantitative estimate of drug-likeness (QED) is 0.0262. The topological polar surface area (TPSA) is 78.9 Å². The van der Waals surface area contributed by atoms with Gasteiger partial charge in [0.05, 0.1) is 0 Å². The van der Waals surface area contributed by atoms with Gasteiger partial charge in [0.25, 0.3) is 0 Å². The molecule has 6 heteroatoms. The third kappa shape index (κ3) is 51.7. The first-order chi connectivity index (χ1) is 32.0. The van der Waals surface area contributed by atoms with E-state index < -0.39 is 6.10 Å². The Morgan fingerprint density at radius 2 is 0.600 bits per heavy atom. The molecule has 0 unspecified atom stereocenters. The fourth-order valence-corrected chi connectivity index (χ4v) is 7.54. The van der Waals surface area contributed by atoms with Gasteiger partial charge in [-0.25, -0.2) is 0 Å². The Bertz CT molecular complexity index is 1230. The van der Waals surface area contributed by atoms with Gasteiger partial charge < -0.3 is 14.2 Å². The molecule has 374 valence electrons. The number of carbonyl (C=O) groups excluding carboxylic acids is 3. The molecule has 0 rings (SSSR count). The second kappa shape index (κ2) is 53.5. The van der Waals surface area contributed by atoms with E-state index in [1.807, 2.05) is 0 Å². The van der Waals surface area contributed by atoms with Crippen LogP contribution in [0.5, 0.6) is 0 Å². The van der Waals surface area contributed by atoms with Crippen LogP contribution in [-0.2, 0) is 28.6 Å². The maximum atomic E-state index is 12.8. The second-order valence-corrected chi connectivity index (χ2v) is 18.1. The second-order valence-electron chi connectivity index (χ2n) is 18.1. The van der Waals surface area contributed by atoms with Crippen molar-refractivity contribution in [3.8, 4) is 0 Å². The van der Waals surface area contributed by atoms with Crippen LogP contribution in [0.2, 0.25) is 0 Å². The van der Waals surface area contributed by atoms with Crippen molar-refractivity contribution in [1.82, 2.24) is 0 Å². The number of carbonyl (C=O) groups is 3. The van der Waals surface area contributed by atoms with Crippen LogP contribution in [0.4, 0.5) is 0 Å². The van der Waals surface area contributed by atoms with Gasteiger partial charge in [-0.2, -0.15) is 0 Å². The summed E-state index contributed by atoms with van der Waals surface area (Å²) in [6.07, 6.45) is 67.4. The molecular weight excluding hydrogens is 805 g/mol. The van der Waals surface area contributed by atoms with Crippen LogP contribution in [0.15, 0.2) is 72.9 Å². The summed E-state index contributed by atoms with van der Waals surface area (Å²) in [5.74, 6) is -0.922. The van der Waals surface area contributed by atoms with Gasteiger partial charge in [0, 0.05) is 19.3 Å². The van der Waals surface area contributed by atoms with Crippen LogP contribution < -0.4 is 0 Å². The van der Waals surface area contributed by atoms with E-state index in [9.17, 15) is 14.4 Å². The summed E-state index contributed by atoms with van der Waals surface area (Å²) in [6.45, 7) is 6.48. The Morgan fingerprint density at radius 1 is 0.323 bits per heavy atom. The lowest BCUT2D eigenvalue weighted by molar-refractivity contribution is -0.167. The lowest BCUT2D eigenvalue weighted by Crippen LogP contribution is -2.30. The van der Waals surface area contributed by atoms with Crippen molar-refractivity contribution >= 4 is 17.9 Å². The van der Waals surface area contributed by atoms with Gasteiger partial charge in [-0.3, -0.25) is 14.4 Å². The monoisotopic (exact) mass is 907 g/mol. The maximum absolute atomic E-state index is 12.8. The fourth-order valence-electron chi connectivity index (χ4n) is 7.54. The van der Waals surface area contributed by atoms with E-state index in [1.54, 1.807) is 0 Å². The standard InChI is InChI=1S/C59H102O6/c1-4-7-10-13-16-19-22-25-27-29-31-34-37-40-43-46-49-52-58(61)64-55-56(54-63-57(60)51-48-45-42-39-36-33-24-21-18-15-12-9-6-3)65-59(62)53-50-47-44-41-38-35-32-30-28-26-23-20-17-14-11-8-5-2/h8,11,17,20-21,24-28,32,35,56H,4-7,9-10,12-16,18-19,22-23,29-31,33-34,36-55H2,1-3H3/b11-8-,20-17-,24-21-,27-25-,28-26-,35-32-/t56-/m0/s1. The third-order valence-electron chi connectivity index (χ3n) is 11.7. The van der Waals surface area contributed by atoms with Gasteiger partial charge in [-0.15, -0.1) is 0 Å². The van der Waals surface area contributed by atoms with Crippen molar-refractivity contribution in [1.29, 1.82) is 0 Å². The molecule has 0 aliphatic heterocycles. The van der Waals surface area contributed by atoms with E-state index >= 15 is 0 Å². The number of hydrogen-bond acceptors (Lipinski definition) is 6. The van der Waals surface area contributed by atoms with Gasteiger partial charge >= 0.3 is 17.9 Å². The highest BCUT2D eigenvalue weighted by Crippen LogP contribution is 2.14. The number of ether oxygens (including phenoxy) is 3. The minimum atomic E-state index is -0.793. The van der Waals surface area contributed by atoms with Crippen molar-refractivity contribution in [2.45, 2.75) is 271 Å². The summed E-state index contributed by atoms with van der Waals surface area (Å²) in [5, 5.41) is 0.